The molecule has 0 saturated carbocycles. The van der Waals surface area contributed by atoms with Crippen LogP contribution in [0.25, 0.3) is 0 Å². The van der Waals surface area contributed by atoms with Crippen LogP contribution in [0.1, 0.15) is 29.2 Å². The summed E-state index contributed by atoms with van der Waals surface area (Å²) in [6.07, 6.45) is 0. The highest BCUT2D eigenvalue weighted by Crippen LogP contribution is 2.19. The first-order valence-electron chi connectivity index (χ1n) is 8.81. The number of aryl methyl sites for hydroxylation is 1. The van der Waals surface area contributed by atoms with Gasteiger partial charge in [0, 0.05) is 35.9 Å². The Hall–Kier alpha value is -1.99. The molecule has 0 radical (unpaired) electrons. The van der Waals surface area contributed by atoms with Gasteiger partial charge in [0.1, 0.15) is 5.75 Å². The molecular weight excluding hydrogens is 370 g/mol. The Kier molecular flexibility index (Phi) is 7.74. The smallest absolute Gasteiger partial charge is 0.387 e. The van der Waals surface area contributed by atoms with E-state index in [1.807, 2.05) is 0 Å². The summed E-state index contributed by atoms with van der Waals surface area (Å²) >= 11 is 1.75. The van der Waals surface area contributed by atoms with E-state index in [0.29, 0.717) is 13.1 Å². The van der Waals surface area contributed by atoms with E-state index in [1.54, 1.807) is 35.4 Å². The number of nitrogens with zero attached hydrogens (tertiary/aromatic N) is 2. The lowest BCUT2D eigenvalue weighted by Crippen LogP contribution is -2.40. The Morgan fingerprint density at radius 1 is 1.11 bits per heavy atom. The molecule has 0 fully saturated rings. The molecule has 2 aromatic rings. The van der Waals surface area contributed by atoms with Gasteiger partial charge in [0.05, 0.1) is 6.54 Å². The molecule has 1 heterocycles. The van der Waals surface area contributed by atoms with Gasteiger partial charge in [0.25, 0.3) is 0 Å². The van der Waals surface area contributed by atoms with Crippen molar-refractivity contribution in [1.29, 1.82) is 0 Å². The molecule has 0 saturated heterocycles. The number of rotatable bonds is 9. The van der Waals surface area contributed by atoms with Crippen LogP contribution in [-0.4, -0.2) is 42.0 Å². The third kappa shape index (κ3) is 6.92. The topological polar surface area (TPSA) is 32.8 Å². The van der Waals surface area contributed by atoms with Crippen LogP contribution in [-0.2, 0) is 17.9 Å². The maximum Gasteiger partial charge on any atom is 0.387 e. The Morgan fingerprint density at radius 2 is 1.78 bits per heavy atom. The number of amides is 1. The van der Waals surface area contributed by atoms with Gasteiger partial charge in [0.15, 0.2) is 0 Å². The van der Waals surface area contributed by atoms with Crippen molar-refractivity contribution in [1.82, 2.24) is 9.80 Å². The van der Waals surface area contributed by atoms with E-state index >= 15 is 0 Å². The number of halogens is 2. The number of hydrogen-bond donors (Lipinski definition) is 0. The van der Waals surface area contributed by atoms with Gasteiger partial charge in [-0.2, -0.15) is 8.78 Å². The first kappa shape index (κ1) is 21.3. The maximum absolute atomic E-state index is 12.6. The molecule has 1 aromatic carbocycles. The molecule has 7 heteroatoms. The summed E-state index contributed by atoms with van der Waals surface area (Å²) < 4.78 is 28.7. The number of ether oxygens (including phenoxy) is 1. The van der Waals surface area contributed by atoms with Gasteiger partial charge in [-0.25, -0.2) is 0 Å². The highest BCUT2D eigenvalue weighted by molar-refractivity contribution is 7.11. The van der Waals surface area contributed by atoms with Gasteiger partial charge in [-0.15, -0.1) is 11.3 Å². The van der Waals surface area contributed by atoms with Gasteiger partial charge in [-0.1, -0.05) is 12.1 Å². The van der Waals surface area contributed by atoms with E-state index in [1.165, 1.54) is 21.9 Å². The van der Waals surface area contributed by atoms with E-state index in [4.69, 9.17) is 0 Å². The molecule has 0 N–H and O–H groups in total. The number of hydrogen-bond acceptors (Lipinski definition) is 4. The van der Waals surface area contributed by atoms with Crippen LogP contribution in [0.4, 0.5) is 8.78 Å². The van der Waals surface area contributed by atoms with E-state index in [0.717, 1.165) is 12.1 Å². The minimum absolute atomic E-state index is 0.0184. The average Bonchev–Trinajstić information content (AvgIpc) is 3.00. The third-order valence-electron chi connectivity index (χ3n) is 4.22. The first-order valence-corrected chi connectivity index (χ1v) is 9.63. The summed E-state index contributed by atoms with van der Waals surface area (Å²) in [5, 5.41) is 0. The van der Waals surface area contributed by atoms with Gasteiger partial charge in [-0.3, -0.25) is 9.69 Å². The summed E-state index contributed by atoms with van der Waals surface area (Å²) in [4.78, 5) is 18.9. The SMILES string of the molecule is Cc1ccc(CN(CC(=O)N(C)Cc2ccc(OC(F)F)cc2)C(C)C)s1. The van der Waals surface area contributed by atoms with Crippen molar-refractivity contribution in [3.05, 3.63) is 51.7 Å². The third-order valence-corrected chi connectivity index (χ3v) is 5.20. The fraction of sp³-hybridized carbons (Fsp3) is 0.450. The van der Waals surface area contributed by atoms with Crippen molar-refractivity contribution in [2.45, 2.75) is 46.5 Å². The summed E-state index contributed by atoms with van der Waals surface area (Å²) in [6.45, 7) is 4.88. The number of likely N-dealkylation sites (N-methyl/N-ethyl adjacent to an activating group) is 1. The van der Waals surface area contributed by atoms with E-state index in [2.05, 4.69) is 42.5 Å². The van der Waals surface area contributed by atoms with E-state index in [-0.39, 0.29) is 17.7 Å². The molecule has 0 bridgehead atoms. The molecule has 0 aliphatic heterocycles. The molecule has 148 valence electrons. The second-order valence-electron chi connectivity index (χ2n) is 6.78. The molecule has 1 aromatic heterocycles. The van der Waals surface area contributed by atoms with E-state index < -0.39 is 6.61 Å². The molecule has 27 heavy (non-hydrogen) atoms. The summed E-state index contributed by atoms with van der Waals surface area (Å²) in [7, 11) is 1.75. The van der Waals surface area contributed by atoms with Crippen LogP contribution in [0.3, 0.4) is 0 Å². The Balaban J connectivity index is 1.92. The Labute approximate surface area is 163 Å². The zero-order valence-electron chi connectivity index (χ0n) is 16.1. The van der Waals surface area contributed by atoms with Gasteiger partial charge >= 0.3 is 6.61 Å². The maximum atomic E-state index is 12.6. The lowest BCUT2D eigenvalue weighted by molar-refractivity contribution is -0.132. The highest BCUT2D eigenvalue weighted by Gasteiger charge is 2.18. The predicted molar refractivity (Wildman–Crippen MR) is 104 cm³/mol. The van der Waals surface area contributed by atoms with Crippen molar-refractivity contribution < 1.29 is 18.3 Å². The Morgan fingerprint density at radius 3 is 2.30 bits per heavy atom. The summed E-state index contributed by atoms with van der Waals surface area (Å²) in [6, 6.07) is 10.8. The standard InChI is InChI=1S/C20H26F2N2O2S/c1-14(2)24(12-18-10-5-15(3)27-18)13-19(25)23(4)11-16-6-8-17(9-7-16)26-20(21)22/h5-10,14,20H,11-13H2,1-4H3. The molecule has 0 spiro atoms. The molecular formula is C20H26F2N2O2S. The zero-order valence-corrected chi connectivity index (χ0v) is 16.9. The highest BCUT2D eigenvalue weighted by atomic mass is 32.1. The lowest BCUT2D eigenvalue weighted by Gasteiger charge is -2.28. The van der Waals surface area contributed by atoms with Crippen molar-refractivity contribution in [2.24, 2.45) is 0 Å². The number of carbonyl (C=O) groups excluding carboxylic acids is 1. The van der Waals surface area contributed by atoms with Crippen LogP contribution in [0.2, 0.25) is 0 Å². The molecule has 4 nitrogen and oxygen atoms in total. The fourth-order valence-corrected chi connectivity index (χ4v) is 3.54. The second kappa shape index (κ2) is 9.80. The van der Waals surface area contributed by atoms with Crippen molar-refractivity contribution in [3.63, 3.8) is 0 Å². The average molecular weight is 397 g/mol. The van der Waals surface area contributed by atoms with E-state index in [9.17, 15) is 13.6 Å². The molecule has 0 aliphatic rings. The van der Waals surface area contributed by atoms with Crippen molar-refractivity contribution >= 4 is 17.2 Å². The normalized spacial score (nSPS) is 11.4. The van der Waals surface area contributed by atoms with Gasteiger partial charge < -0.3 is 9.64 Å². The number of benzene rings is 1. The summed E-state index contributed by atoms with van der Waals surface area (Å²) in [5.74, 6) is 0.129. The molecule has 0 atom stereocenters. The van der Waals surface area contributed by atoms with Crippen LogP contribution >= 0.6 is 11.3 Å². The quantitative estimate of drug-likeness (QED) is 0.624. The lowest BCUT2D eigenvalue weighted by atomic mass is 10.2. The van der Waals surface area contributed by atoms with Gasteiger partial charge in [-0.05, 0) is 50.6 Å². The fourth-order valence-electron chi connectivity index (χ4n) is 2.62. The van der Waals surface area contributed by atoms with Gasteiger partial charge in [0.2, 0.25) is 5.91 Å². The molecule has 0 unspecified atom stereocenters. The zero-order chi connectivity index (χ0) is 20.0. The van der Waals surface area contributed by atoms with Crippen LogP contribution in [0, 0.1) is 6.92 Å². The number of alkyl halides is 2. The molecule has 2 rings (SSSR count). The van der Waals surface area contributed by atoms with Crippen LogP contribution in [0.15, 0.2) is 36.4 Å². The molecule has 0 aliphatic carbocycles. The van der Waals surface area contributed by atoms with Crippen molar-refractivity contribution in [3.8, 4) is 5.75 Å². The minimum atomic E-state index is -2.84. The Bertz CT molecular complexity index is 732. The monoisotopic (exact) mass is 396 g/mol. The van der Waals surface area contributed by atoms with Crippen LogP contribution < -0.4 is 4.74 Å². The second-order valence-corrected chi connectivity index (χ2v) is 8.16. The largest absolute Gasteiger partial charge is 0.435 e. The minimum Gasteiger partial charge on any atom is -0.435 e. The predicted octanol–water partition coefficient (Wildman–Crippen LogP) is 4.53. The van der Waals surface area contributed by atoms with Crippen molar-refractivity contribution in [2.75, 3.05) is 13.6 Å². The summed E-state index contributed by atoms with van der Waals surface area (Å²) in [5.41, 5.74) is 0.859. The number of thiophene rings is 1. The van der Waals surface area contributed by atoms with Crippen LogP contribution in [0.5, 0.6) is 5.75 Å². The number of carbonyl (C=O) groups is 1. The molecule has 1 amide bonds. The first-order chi connectivity index (χ1) is 12.7.